The van der Waals surface area contributed by atoms with Gasteiger partial charge in [-0.05, 0) is 88.1 Å². The van der Waals surface area contributed by atoms with E-state index in [1.807, 2.05) is 0 Å². The van der Waals surface area contributed by atoms with E-state index in [2.05, 4.69) is 15.0 Å². The highest BCUT2D eigenvalue weighted by molar-refractivity contribution is 7.93. The van der Waals surface area contributed by atoms with E-state index in [4.69, 9.17) is 0 Å². The molecule has 0 spiro atoms. The number of pyridine rings is 1. The molecule has 238 valence electrons. The molecule has 0 bridgehead atoms. The van der Waals surface area contributed by atoms with Crippen LogP contribution in [0.5, 0.6) is 0 Å². The van der Waals surface area contributed by atoms with E-state index in [1.54, 1.807) is 23.0 Å². The molecule has 0 N–H and O–H groups in total. The summed E-state index contributed by atoms with van der Waals surface area (Å²) in [4.78, 5) is 19.8. The Morgan fingerprint density at radius 2 is 1.60 bits per heavy atom. The molecule has 3 heterocycles. The van der Waals surface area contributed by atoms with Gasteiger partial charge < -0.3 is 9.80 Å². The molecule has 1 amide bonds. The molecule has 0 aliphatic carbocycles. The molecule has 0 radical (unpaired) electrons. The number of benzene rings is 2. The first-order chi connectivity index (χ1) is 21.5. The number of likely N-dealkylation sites (N-methyl/N-ethyl adjacent to an activating group) is 1. The molecule has 0 saturated carbocycles. The summed E-state index contributed by atoms with van der Waals surface area (Å²) in [7, 11) is -2.29. The van der Waals surface area contributed by atoms with Gasteiger partial charge in [-0.15, -0.1) is 0 Å². The zero-order valence-electron chi connectivity index (χ0n) is 24.8. The summed E-state index contributed by atoms with van der Waals surface area (Å²) >= 11 is 0. The standard InChI is InChI=1S/C31H32F4N6O3S/c1-38(2)20-28(42)41(45(43,44)27-18-22(32)6-7-24(27)33)26-9-8-25(34)29(30(26)35)31-23(21-10-12-36-13-11-21)19-40(37-31)17-16-39-14-4-3-5-15-39/h6-13,18-19H,3-5,14-17,20H2,1-2H3. The van der Waals surface area contributed by atoms with Gasteiger partial charge in [0.15, 0.2) is 5.82 Å². The van der Waals surface area contributed by atoms with Crippen LogP contribution in [0, 0.1) is 23.3 Å². The topological polar surface area (TPSA) is 91.6 Å². The molecule has 2 aromatic heterocycles. The minimum atomic E-state index is -5.22. The number of hydrogen-bond donors (Lipinski definition) is 0. The van der Waals surface area contributed by atoms with Crippen LogP contribution >= 0.6 is 0 Å². The Bertz CT molecular complexity index is 1790. The number of halogens is 4. The van der Waals surface area contributed by atoms with Crippen LogP contribution in [0.2, 0.25) is 0 Å². The number of carbonyl (C=O) groups excluding carboxylic acids is 1. The van der Waals surface area contributed by atoms with Crippen molar-refractivity contribution in [3.63, 3.8) is 0 Å². The van der Waals surface area contributed by atoms with Crippen LogP contribution in [0.1, 0.15) is 19.3 Å². The van der Waals surface area contributed by atoms with Crippen molar-refractivity contribution in [3.8, 4) is 22.4 Å². The van der Waals surface area contributed by atoms with Crippen LogP contribution < -0.4 is 4.31 Å². The molecule has 45 heavy (non-hydrogen) atoms. The van der Waals surface area contributed by atoms with Crippen LogP contribution in [0.15, 0.2) is 66.0 Å². The highest BCUT2D eigenvalue weighted by Gasteiger charge is 2.37. The van der Waals surface area contributed by atoms with Gasteiger partial charge in [-0.2, -0.15) is 9.40 Å². The lowest BCUT2D eigenvalue weighted by Crippen LogP contribution is -2.43. The summed E-state index contributed by atoms with van der Waals surface area (Å²) in [6.07, 6.45) is 8.00. The van der Waals surface area contributed by atoms with Gasteiger partial charge in [-0.25, -0.2) is 26.0 Å². The lowest BCUT2D eigenvalue weighted by atomic mass is 10.0. The molecule has 1 saturated heterocycles. The third-order valence-electron chi connectivity index (χ3n) is 7.46. The molecule has 5 rings (SSSR count). The molecule has 0 unspecified atom stereocenters. The quantitative estimate of drug-likeness (QED) is 0.226. The first kappa shape index (κ1) is 32.3. The molecular weight excluding hydrogens is 612 g/mol. The highest BCUT2D eigenvalue weighted by Crippen LogP contribution is 2.39. The van der Waals surface area contributed by atoms with Gasteiger partial charge in [0.05, 0.1) is 24.3 Å². The van der Waals surface area contributed by atoms with Gasteiger partial charge in [0.2, 0.25) is 0 Å². The predicted octanol–water partition coefficient (Wildman–Crippen LogP) is 4.94. The molecule has 14 heteroatoms. The van der Waals surface area contributed by atoms with E-state index in [1.165, 1.54) is 37.8 Å². The van der Waals surface area contributed by atoms with E-state index in [0.29, 0.717) is 42.4 Å². The van der Waals surface area contributed by atoms with E-state index in [0.717, 1.165) is 38.1 Å². The number of rotatable bonds is 10. The monoisotopic (exact) mass is 644 g/mol. The average Bonchev–Trinajstić information content (AvgIpc) is 3.43. The minimum absolute atomic E-state index is 0.0442. The molecule has 9 nitrogen and oxygen atoms in total. The highest BCUT2D eigenvalue weighted by atomic mass is 32.2. The van der Waals surface area contributed by atoms with Crippen molar-refractivity contribution in [1.82, 2.24) is 24.6 Å². The van der Waals surface area contributed by atoms with Crippen molar-refractivity contribution < 1.29 is 30.8 Å². The number of amides is 1. The third kappa shape index (κ3) is 6.92. The second-order valence-corrected chi connectivity index (χ2v) is 12.8. The summed E-state index contributed by atoms with van der Waals surface area (Å²) in [6, 6.07) is 6.55. The first-order valence-corrected chi connectivity index (χ1v) is 15.8. The Morgan fingerprint density at radius 1 is 0.911 bits per heavy atom. The van der Waals surface area contributed by atoms with Gasteiger partial charge in [0.25, 0.3) is 15.9 Å². The number of sulfonamides is 1. The zero-order chi connectivity index (χ0) is 32.3. The zero-order valence-corrected chi connectivity index (χ0v) is 25.6. The molecule has 1 fully saturated rings. The molecule has 0 atom stereocenters. The van der Waals surface area contributed by atoms with Crippen LogP contribution in [-0.4, -0.2) is 79.2 Å². The number of likely N-dealkylation sites (tertiary alicyclic amines) is 1. The summed E-state index contributed by atoms with van der Waals surface area (Å²) < 4.78 is 90.2. The van der Waals surface area contributed by atoms with E-state index < -0.39 is 61.9 Å². The number of carbonyl (C=O) groups is 1. The number of piperidine rings is 1. The summed E-state index contributed by atoms with van der Waals surface area (Å²) in [6.45, 7) is 2.41. The maximum atomic E-state index is 16.6. The number of nitrogens with zero attached hydrogens (tertiary/aromatic N) is 6. The van der Waals surface area contributed by atoms with Crippen molar-refractivity contribution in [2.75, 3.05) is 44.6 Å². The van der Waals surface area contributed by atoms with Crippen molar-refractivity contribution >= 4 is 21.6 Å². The van der Waals surface area contributed by atoms with Crippen LogP contribution in [0.4, 0.5) is 23.2 Å². The smallest absolute Gasteiger partial charge is 0.274 e. The molecule has 1 aliphatic rings. The van der Waals surface area contributed by atoms with Gasteiger partial charge in [-0.1, -0.05) is 6.42 Å². The van der Waals surface area contributed by atoms with Crippen molar-refractivity contribution in [2.45, 2.75) is 30.7 Å². The molecular formula is C31H32F4N6O3S. The maximum absolute atomic E-state index is 16.6. The fourth-order valence-electron chi connectivity index (χ4n) is 5.31. The Balaban J connectivity index is 1.66. The van der Waals surface area contributed by atoms with E-state index in [-0.39, 0.29) is 10.00 Å². The third-order valence-corrected chi connectivity index (χ3v) is 9.21. The first-order valence-electron chi connectivity index (χ1n) is 14.3. The van der Waals surface area contributed by atoms with Gasteiger partial charge in [0, 0.05) is 30.7 Å². The lowest BCUT2D eigenvalue weighted by molar-refractivity contribution is -0.118. The van der Waals surface area contributed by atoms with Gasteiger partial charge in [-0.3, -0.25) is 14.5 Å². The average molecular weight is 645 g/mol. The van der Waals surface area contributed by atoms with Crippen molar-refractivity contribution in [2.24, 2.45) is 0 Å². The van der Waals surface area contributed by atoms with E-state index in [9.17, 15) is 22.0 Å². The SMILES string of the molecule is CN(C)CC(=O)N(c1ccc(F)c(-c2nn(CCN3CCCCC3)cc2-c2ccncc2)c1F)S(=O)(=O)c1cc(F)ccc1F. The van der Waals surface area contributed by atoms with Crippen LogP contribution in [-0.2, 0) is 21.4 Å². The fourth-order valence-corrected chi connectivity index (χ4v) is 6.81. The van der Waals surface area contributed by atoms with E-state index >= 15 is 8.78 Å². The Labute approximate surface area is 258 Å². The fraction of sp³-hybridized carbons (Fsp3) is 0.323. The molecule has 1 aliphatic heterocycles. The summed E-state index contributed by atoms with van der Waals surface area (Å²) in [5.41, 5.74) is -0.801. The minimum Gasteiger partial charge on any atom is -0.301 e. The number of hydrogen-bond acceptors (Lipinski definition) is 7. The van der Waals surface area contributed by atoms with Gasteiger partial charge >= 0.3 is 0 Å². The maximum Gasteiger partial charge on any atom is 0.274 e. The van der Waals surface area contributed by atoms with Crippen molar-refractivity contribution in [1.29, 1.82) is 0 Å². The second-order valence-electron chi connectivity index (χ2n) is 11.0. The number of aromatic nitrogens is 3. The normalized spacial score (nSPS) is 14.2. The van der Waals surface area contributed by atoms with Crippen LogP contribution in [0.3, 0.4) is 0 Å². The Kier molecular flexibility index (Phi) is 9.65. The molecule has 2 aromatic carbocycles. The summed E-state index contributed by atoms with van der Waals surface area (Å²) in [5, 5.41) is 4.52. The van der Waals surface area contributed by atoms with Crippen molar-refractivity contribution in [3.05, 3.63) is 84.3 Å². The largest absolute Gasteiger partial charge is 0.301 e. The number of anilines is 1. The van der Waals surface area contributed by atoms with Crippen LogP contribution in [0.25, 0.3) is 22.4 Å². The Morgan fingerprint density at radius 3 is 2.29 bits per heavy atom. The second kappa shape index (κ2) is 13.5. The summed E-state index contributed by atoms with van der Waals surface area (Å²) in [5.74, 6) is -6.11. The predicted molar refractivity (Wildman–Crippen MR) is 161 cm³/mol. The Hall–Kier alpha value is -4.14. The lowest BCUT2D eigenvalue weighted by Gasteiger charge is -2.26. The van der Waals surface area contributed by atoms with Gasteiger partial charge in [0.1, 0.15) is 28.0 Å². The molecule has 4 aromatic rings.